The number of amides is 1. The molecule has 1 aliphatic rings. The smallest absolute Gasteiger partial charge is 0.338 e. The molecule has 3 aromatic rings. The minimum Gasteiger partial charge on any atom is -0.454 e. The molecule has 4 rings (SSSR count). The predicted octanol–water partition coefficient (Wildman–Crippen LogP) is 3.02. The molecule has 0 saturated heterocycles. The number of nitrogens with one attached hydrogen (secondary N) is 1. The minimum atomic E-state index is -0.622. The summed E-state index contributed by atoms with van der Waals surface area (Å²) in [5.41, 5.74) is 3.35. The molecule has 1 aliphatic heterocycles. The highest BCUT2D eigenvalue weighted by Gasteiger charge is 2.21. The van der Waals surface area contributed by atoms with Crippen molar-refractivity contribution in [3.8, 4) is 11.5 Å². The summed E-state index contributed by atoms with van der Waals surface area (Å²) in [6.45, 7) is 0.930. The van der Waals surface area contributed by atoms with Gasteiger partial charge in [0.1, 0.15) is 0 Å². The number of carbonyl (C=O) groups excluding carboxylic acids is 3. The molecule has 0 saturated carbocycles. The average Bonchev–Trinajstić information content (AvgIpc) is 3.33. The van der Waals surface area contributed by atoms with Gasteiger partial charge in [-0.05, 0) is 31.2 Å². The highest BCUT2D eigenvalue weighted by Crippen LogP contribution is 2.37. The molecule has 1 amide bonds. The number of ether oxygens (including phenoxy) is 3. The van der Waals surface area contributed by atoms with Gasteiger partial charge >= 0.3 is 5.97 Å². The van der Waals surface area contributed by atoms with Crippen LogP contribution in [0.5, 0.6) is 11.5 Å². The lowest BCUT2D eigenvalue weighted by atomic mass is 10.1. The molecular weight excluding hydrogens is 384 g/mol. The van der Waals surface area contributed by atoms with Crippen LogP contribution >= 0.6 is 11.3 Å². The van der Waals surface area contributed by atoms with Crippen molar-refractivity contribution < 1.29 is 28.6 Å². The Morgan fingerprint density at radius 1 is 1.18 bits per heavy atom. The van der Waals surface area contributed by atoms with Gasteiger partial charge in [0.15, 0.2) is 23.9 Å². The highest BCUT2D eigenvalue weighted by atomic mass is 32.1. The Labute approximate surface area is 163 Å². The lowest BCUT2D eigenvalue weighted by Crippen LogP contribution is -2.22. The number of benzene rings is 2. The van der Waals surface area contributed by atoms with Crippen LogP contribution in [0, 0.1) is 0 Å². The van der Waals surface area contributed by atoms with E-state index >= 15 is 0 Å². The van der Waals surface area contributed by atoms with E-state index in [0.717, 1.165) is 10.2 Å². The maximum Gasteiger partial charge on any atom is 0.338 e. The first-order valence-electron chi connectivity index (χ1n) is 8.26. The fourth-order valence-electron chi connectivity index (χ4n) is 2.72. The van der Waals surface area contributed by atoms with Gasteiger partial charge in [0.05, 0.1) is 27.0 Å². The van der Waals surface area contributed by atoms with Crippen LogP contribution in [-0.4, -0.2) is 36.0 Å². The number of esters is 1. The SMILES string of the molecule is CC(=O)c1cc2c(cc1NC(=O)COC(=O)c1ccc3ncsc3c1)OCO2. The van der Waals surface area contributed by atoms with E-state index < -0.39 is 18.5 Å². The Hall–Kier alpha value is -3.46. The van der Waals surface area contributed by atoms with Gasteiger partial charge in [-0.15, -0.1) is 11.3 Å². The Balaban J connectivity index is 1.43. The summed E-state index contributed by atoms with van der Waals surface area (Å²) in [7, 11) is 0. The summed E-state index contributed by atoms with van der Waals surface area (Å²) in [6.07, 6.45) is 0. The van der Waals surface area contributed by atoms with E-state index in [9.17, 15) is 14.4 Å². The number of rotatable bonds is 5. The molecule has 1 N–H and O–H groups in total. The zero-order valence-corrected chi connectivity index (χ0v) is 15.5. The molecule has 28 heavy (non-hydrogen) atoms. The Morgan fingerprint density at radius 2 is 1.96 bits per heavy atom. The zero-order chi connectivity index (χ0) is 19.7. The van der Waals surface area contributed by atoms with Crippen LogP contribution in [0.3, 0.4) is 0 Å². The molecule has 9 heteroatoms. The Morgan fingerprint density at radius 3 is 2.75 bits per heavy atom. The lowest BCUT2D eigenvalue weighted by Gasteiger charge is -2.11. The van der Waals surface area contributed by atoms with Gasteiger partial charge in [-0.25, -0.2) is 9.78 Å². The van der Waals surface area contributed by atoms with Crippen LogP contribution in [-0.2, 0) is 9.53 Å². The molecule has 0 radical (unpaired) electrons. The maximum absolute atomic E-state index is 12.2. The number of anilines is 1. The van der Waals surface area contributed by atoms with Gasteiger partial charge in [0, 0.05) is 11.6 Å². The van der Waals surface area contributed by atoms with E-state index in [1.54, 1.807) is 23.7 Å². The first kappa shape index (κ1) is 17.9. The predicted molar refractivity (Wildman–Crippen MR) is 101 cm³/mol. The number of Topliss-reactive ketones (excluding diaryl/α,β-unsaturated/α-hetero) is 1. The van der Waals surface area contributed by atoms with Crippen molar-refractivity contribution in [2.24, 2.45) is 0 Å². The second kappa shape index (κ2) is 7.28. The summed E-state index contributed by atoms with van der Waals surface area (Å²) in [6, 6.07) is 7.99. The van der Waals surface area contributed by atoms with Crippen LogP contribution in [0.1, 0.15) is 27.6 Å². The number of fused-ring (bicyclic) bond motifs is 2. The molecule has 0 aliphatic carbocycles. The highest BCUT2D eigenvalue weighted by molar-refractivity contribution is 7.16. The summed E-state index contributed by atoms with van der Waals surface area (Å²) in [5.74, 6) is -0.580. The third-order valence-electron chi connectivity index (χ3n) is 4.07. The zero-order valence-electron chi connectivity index (χ0n) is 14.7. The average molecular weight is 398 g/mol. The van der Waals surface area contributed by atoms with Crippen LogP contribution < -0.4 is 14.8 Å². The monoisotopic (exact) mass is 398 g/mol. The Kier molecular flexibility index (Phi) is 4.66. The van der Waals surface area contributed by atoms with E-state index in [0.29, 0.717) is 17.1 Å². The van der Waals surface area contributed by atoms with Crippen LogP contribution in [0.25, 0.3) is 10.2 Å². The van der Waals surface area contributed by atoms with Gasteiger partial charge in [0.25, 0.3) is 5.91 Å². The van der Waals surface area contributed by atoms with E-state index in [2.05, 4.69) is 10.3 Å². The number of hydrogen-bond donors (Lipinski definition) is 1. The second-order valence-corrected chi connectivity index (χ2v) is 6.85. The summed E-state index contributed by atoms with van der Waals surface area (Å²) in [4.78, 5) is 40.4. The molecule has 1 aromatic heterocycles. The fourth-order valence-corrected chi connectivity index (χ4v) is 3.44. The minimum absolute atomic E-state index is 0.0474. The Bertz CT molecular complexity index is 1110. The molecule has 8 nitrogen and oxygen atoms in total. The standard InChI is InChI=1S/C19H14N2O6S/c1-10(22)12-5-15-16(27-9-26-15)6-14(12)21-18(23)7-25-19(24)11-2-3-13-17(4-11)28-8-20-13/h2-6,8H,7,9H2,1H3,(H,21,23). The fraction of sp³-hybridized carbons (Fsp3) is 0.158. The quantitative estimate of drug-likeness (QED) is 0.520. The second-order valence-electron chi connectivity index (χ2n) is 5.97. The third-order valence-corrected chi connectivity index (χ3v) is 4.86. The van der Waals surface area contributed by atoms with E-state index in [1.807, 2.05) is 0 Å². The summed E-state index contributed by atoms with van der Waals surface area (Å²) >= 11 is 1.41. The van der Waals surface area contributed by atoms with Crippen molar-refractivity contribution in [3.05, 3.63) is 47.0 Å². The van der Waals surface area contributed by atoms with Crippen molar-refractivity contribution >= 4 is 44.9 Å². The van der Waals surface area contributed by atoms with Gasteiger partial charge in [-0.3, -0.25) is 9.59 Å². The normalized spacial score (nSPS) is 12.0. The molecule has 142 valence electrons. The molecule has 0 spiro atoms. The molecule has 0 atom stereocenters. The van der Waals surface area contributed by atoms with Crippen molar-refractivity contribution in [3.63, 3.8) is 0 Å². The number of ketones is 1. The molecule has 2 aromatic carbocycles. The van der Waals surface area contributed by atoms with Gasteiger partial charge in [-0.2, -0.15) is 0 Å². The van der Waals surface area contributed by atoms with Crippen LogP contribution in [0.4, 0.5) is 5.69 Å². The van der Waals surface area contributed by atoms with E-state index in [4.69, 9.17) is 14.2 Å². The van der Waals surface area contributed by atoms with Gasteiger partial charge in [0.2, 0.25) is 6.79 Å². The summed E-state index contributed by atoms with van der Waals surface area (Å²) < 4.78 is 16.4. The maximum atomic E-state index is 12.2. The topological polar surface area (TPSA) is 104 Å². The molecule has 0 bridgehead atoms. The molecule has 2 heterocycles. The molecule has 0 fully saturated rings. The van der Waals surface area contributed by atoms with Gasteiger partial charge < -0.3 is 19.5 Å². The largest absolute Gasteiger partial charge is 0.454 e. The van der Waals surface area contributed by atoms with Crippen LogP contribution in [0.15, 0.2) is 35.8 Å². The lowest BCUT2D eigenvalue weighted by molar-refractivity contribution is -0.119. The molecular formula is C19H14N2O6S. The number of hydrogen-bond acceptors (Lipinski definition) is 8. The van der Waals surface area contributed by atoms with Gasteiger partial charge in [-0.1, -0.05) is 0 Å². The number of carbonyl (C=O) groups is 3. The van der Waals surface area contributed by atoms with E-state index in [1.165, 1.54) is 30.4 Å². The van der Waals surface area contributed by atoms with Crippen LogP contribution in [0.2, 0.25) is 0 Å². The van der Waals surface area contributed by atoms with Crippen molar-refractivity contribution in [1.82, 2.24) is 4.98 Å². The summed E-state index contributed by atoms with van der Waals surface area (Å²) in [5, 5.41) is 2.57. The molecule has 0 unspecified atom stereocenters. The van der Waals surface area contributed by atoms with Crippen molar-refractivity contribution in [2.75, 3.05) is 18.7 Å². The van der Waals surface area contributed by atoms with E-state index in [-0.39, 0.29) is 23.8 Å². The number of nitrogens with zero attached hydrogens (tertiary/aromatic N) is 1. The first-order valence-corrected chi connectivity index (χ1v) is 9.14. The first-order chi connectivity index (χ1) is 13.5. The number of aromatic nitrogens is 1. The van der Waals surface area contributed by atoms with Crippen molar-refractivity contribution in [1.29, 1.82) is 0 Å². The van der Waals surface area contributed by atoms with Crippen molar-refractivity contribution in [2.45, 2.75) is 6.92 Å². The number of thiazole rings is 1. The third kappa shape index (κ3) is 3.52.